The van der Waals surface area contributed by atoms with Crippen LogP contribution in [0.25, 0.3) is 0 Å². The summed E-state index contributed by atoms with van der Waals surface area (Å²) in [5.41, 5.74) is 2.70. The summed E-state index contributed by atoms with van der Waals surface area (Å²) < 4.78 is 13.2. The van der Waals surface area contributed by atoms with Crippen LogP contribution in [0, 0.1) is 24.7 Å². The van der Waals surface area contributed by atoms with E-state index in [2.05, 4.69) is 11.8 Å². The molecule has 2 bridgehead atoms. The van der Waals surface area contributed by atoms with E-state index in [9.17, 15) is 9.59 Å². The Kier molecular flexibility index (Phi) is 5.75. The van der Waals surface area contributed by atoms with Crippen molar-refractivity contribution in [1.29, 1.82) is 0 Å². The number of amides is 1. The van der Waals surface area contributed by atoms with E-state index in [0.29, 0.717) is 31.3 Å². The number of fused-ring (bicyclic) bond motifs is 2. The highest BCUT2D eigenvalue weighted by molar-refractivity contribution is 5.78. The summed E-state index contributed by atoms with van der Waals surface area (Å²) in [6, 6.07) is 11.3. The van der Waals surface area contributed by atoms with E-state index in [1.165, 1.54) is 18.9 Å². The summed E-state index contributed by atoms with van der Waals surface area (Å²) in [4.78, 5) is 27.1. The van der Waals surface area contributed by atoms with Crippen molar-refractivity contribution in [3.05, 3.63) is 63.6 Å². The van der Waals surface area contributed by atoms with Crippen LogP contribution in [0.2, 0.25) is 0 Å². The van der Waals surface area contributed by atoms with Gasteiger partial charge in [0.2, 0.25) is 0 Å². The molecule has 3 fully saturated rings. The van der Waals surface area contributed by atoms with Crippen molar-refractivity contribution >= 4 is 5.91 Å². The highest BCUT2D eigenvalue weighted by Crippen LogP contribution is 2.28. The molecule has 2 unspecified atom stereocenters. The average Bonchev–Trinajstić information content (AvgIpc) is 3.56. The molecule has 0 spiro atoms. The number of morpholine rings is 1. The number of hydrogen-bond acceptors (Lipinski definition) is 4. The quantitative estimate of drug-likeness (QED) is 0.682. The highest BCUT2D eigenvalue weighted by Gasteiger charge is 2.35. The molecule has 2 atom stereocenters. The lowest BCUT2D eigenvalue weighted by atomic mass is 10.1. The maximum absolute atomic E-state index is 12.7. The number of benzene rings is 1. The molecule has 1 aromatic carbocycles. The summed E-state index contributed by atoms with van der Waals surface area (Å²) >= 11 is 0. The zero-order valence-corrected chi connectivity index (χ0v) is 18.4. The Bertz CT molecular complexity index is 1110. The minimum Gasteiger partial charge on any atom is -0.484 e. The molecule has 1 aromatic heterocycles. The minimum atomic E-state index is -0.144. The summed E-state index contributed by atoms with van der Waals surface area (Å²) in [6.45, 7) is 3.56. The van der Waals surface area contributed by atoms with Gasteiger partial charge in [-0.25, -0.2) is 0 Å². The van der Waals surface area contributed by atoms with E-state index >= 15 is 0 Å². The van der Waals surface area contributed by atoms with E-state index < -0.39 is 0 Å². The Morgan fingerprint density at radius 3 is 2.47 bits per heavy atom. The predicted molar refractivity (Wildman–Crippen MR) is 121 cm³/mol. The molecule has 6 nitrogen and oxygen atoms in total. The number of hydrogen-bond donors (Lipinski definition) is 0. The highest BCUT2D eigenvalue weighted by atomic mass is 16.5. The number of ether oxygens (including phenoxy) is 2. The maximum Gasteiger partial charge on any atom is 0.260 e. The van der Waals surface area contributed by atoms with Crippen LogP contribution in [-0.4, -0.2) is 47.3 Å². The molecule has 3 aliphatic rings. The number of pyridine rings is 1. The fraction of sp³-hybridized carbons (Fsp3) is 0.462. The van der Waals surface area contributed by atoms with Gasteiger partial charge >= 0.3 is 0 Å². The summed E-state index contributed by atoms with van der Waals surface area (Å²) in [7, 11) is 0. The number of carbonyl (C=O) groups is 1. The Morgan fingerprint density at radius 1 is 1.09 bits per heavy atom. The molecule has 2 aromatic rings. The first kappa shape index (κ1) is 20.8. The van der Waals surface area contributed by atoms with Crippen molar-refractivity contribution in [2.24, 2.45) is 5.92 Å². The topological polar surface area (TPSA) is 60.8 Å². The Hall–Kier alpha value is -3.04. The first-order chi connectivity index (χ1) is 15.5. The second-order valence-corrected chi connectivity index (χ2v) is 9.04. The number of carbonyl (C=O) groups excluding carboxylic acids is 1. The van der Waals surface area contributed by atoms with E-state index in [4.69, 9.17) is 9.47 Å². The molecule has 0 radical (unpaired) electrons. The number of aryl methyl sites for hydroxylation is 1. The van der Waals surface area contributed by atoms with Gasteiger partial charge in [0.25, 0.3) is 11.5 Å². The molecular formula is C26H28N2O4. The molecule has 32 heavy (non-hydrogen) atoms. The van der Waals surface area contributed by atoms with Gasteiger partial charge < -0.3 is 18.9 Å². The fourth-order valence-corrected chi connectivity index (χ4v) is 4.33. The summed E-state index contributed by atoms with van der Waals surface area (Å²) in [6.07, 6.45) is 4.78. The van der Waals surface area contributed by atoms with Crippen LogP contribution in [-0.2, 0) is 16.1 Å². The average molecular weight is 433 g/mol. The fourth-order valence-electron chi connectivity index (χ4n) is 4.33. The summed E-state index contributed by atoms with van der Waals surface area (Å²) in [5, 5.41) is 0. The van der Waals surface area contributed by atoms with Gasteiger partial charge in [0.1, 0.15) is 5.75 Å². The number of rotatable bonds is 5. The third kappa shape index (κ3) is 4.89. The smallest absolute Gasteiger partial charge is 0.260 e. The molecule has 5 rings (SSSR count). The Morgan fingerprint density at radius 2 is 1.81 bits per heavy atom. The SMILES string of the molecule is Cc1cc(OCC(=O)N2CC3CCC(C2)O3)cc(=O)n1Cc1ccc(C#CC2CC2)cc1. The number of aromatic nitrogens is 1. The van der Waals surface area contributed by atoms with Gasteiger partial charge in [0.15, 0.2) is 6.61 Å². The lowest BCUT2D eigenvalue weighted by Crippen LogP contribution is -2.47. The van der Waals surface area contributed by atoms with Crippen molar-refractivity contribution in [3.63, 3.8) is 0 Å². The molecule has 166 valence electrons. The van der Waals surface area contributed by atoms with Gasteiger partial charge in [-0.1, -0.05) is 24.0 Å². The van der Waals surface area contributed by atoms with E-state index in [1.54, 1.807) is 4.57 Å². The van der Waals surface area contributed by atoms with E-state index in [-0.39, 0.29) is 30.3 Å². The van der Waals surface area contributed by atoms with Gasteiger partial charge in [-0.05, 0) is 56.4 Å². The second kappa shape index (κ2) is 8.84. The Balaban J connectivity index is 1.20. The lowest BCUT2D eigenvalue weighted by Gasteiger charge is -2.32. The van der Waals surface area contributed by atoms with Gasteiger partial charge in [-0.15, -0.1) is 0 Å². The molecule has 1 saturated carbocycles. The van der Waals surface area contributed by atoms with Crippen LogP contribution >= 0.6 is 0 Å². The molecular weight excluding hydrogens is 404 g/mol. The lowest BCUT2D eigenvalue weighted by molar-refractivity contribution is -0.141. The van der Waals surface area contributed by atoms with E-state index in [0.717, 1.165) is 29.7 Å². The zero-order valence-electron chi connectivity index (χ0n) is 18.4. The van der Waals surface area contributed by atoms with Crippen LogP contribution in [0.1, 0.15) is 42.5 Å². The first-order valence-electron chi connectivity index (χ1n) is 11.4. The van der Waals surface area contributed by atoms with Gasteiger partial charge in [-0.3, -0.25) is 9.59 Å². The monoisotopic (exact) mass is 432 g/mol. The zero-order chi connectivity index (χ0) is 22.1. The van der Waals surface area contributed by atoms with Crippen molar-refractivity contribution in [1.82, 2.24) is 9.47 Å². The molecule has 2 aliphatic heterocycles. The largest absolute Gasteiger partial charge is 0.484 e. The van der Waals surface area contributed by atoms with Crippen LogP contribution in [0.3, 0.4) is 0 Å². The van der Waals surface area contributed by atoms with Crippen molar-refractivity contribution < 1.29 is 14.3 Å². The predicted octanol–water partition coefficient (Wildman–Crippen LogP) is 2.74. The first-order valence-corrected chi connectivity index (χ1v) is 11.4. The molecule has 2 saturated heterocycles. The van der Waals surface area contributed by atoms with Crippen molar-refractivity contribution in [2.75, 3.05) is 19.7 Å². The number of likely N-dealkylation sites (tertiary alicyclic amines) is 1. The van der Waals surface area contributed by atoms with Gasteiger partial charge in [0, 0.05) is 36.3 Å². The van der Waals surface area contributed by atoms with E-state index in [1.807, 2.05) is 42.2 Å². The van der Waals surface area contributed by atoms with Crippen LogP contribution < -0.4 is 10.3 Å². The van der Waals surface area contributed by atoms with Gasteiger partial charge in [0.05, 0.1) is 18.8 Å². The van der Waals surface area contributed by atoms with Crippen molar-refractivity contribution in [3.8, 4) is 17.6 Å². The molecule has 1 aliphatic carbocycles. The minimum absolute atomic E-state index is 0.0584. The third-order valence-electron chi connectivity index (χ3n) is 6.36. The third-order valence-corrected chi connectivity index (χ3v) is 6.36. The number of nitrogens with zero attached hydrogens (tertiary/aromatic N) is 2. The maximum atomic E-state index is 12.7. The molecule has 1 amide bonds. The molecule has 0 N–H and O–H groups in total. The molecule has 3 heterocycles. The van der Waals surface area contributed by atoms with Gasteiger partial charge in [-0.2, -0.15) is 0 Å². The summed E-state index contributed by atoms with van der Waals surface area (Å²) in [5.74, 6) is 7.42. The second-order valence-electron chi connectivity index (χ2n) is 9.04. The normalized spacial score (nSPS) is 21.7. The van der Waals surface area contributed by atoms with Crippen molar-refractivity contribution in [2.45, 2.75) is 51.4 Å². The Labute approximate surface area is 188 Å². The van der Waals surface area contributed by atoms with Crippen LogP contribution in [0.15, 0.2) is 41.2 Å². The van der Waals surface area contributed by atoms with Crippen LogP contribution in [0.4, 0.5) is 0 Å². The molecule has 6 heteroatoms. The van der Waals surface area contributed by atoms with Crippen LogP contribution in [0.5, 0.6) is 5.75 Å². The standard InChI is InChI=1S/C26H28N2O4/c1-18-12-24(31-17-26(30)27-15-22-10-11-23(16-27)32-22)13-25(29)28(18)14-21-8-6-20(7-9-21)5-4-19-2-3-19/h6-9,12-13,19,22-23H,2-3,10-11,14-17H2,1H3.